The average molecular weight is 325 g/mol. The number of hydrogen-bond acceptors (Lipinski definition) is 5. The fourth-order valence-electron chi connectivity index (χ4n) is 2.38. The first-order valence-electron chi connectivity index (χ1n) is 6.81. The number of aromatic hydroxyl groups is 1. The van der Waals surface area contributed by atoms with E-state index in [-0.39, 0.29) is 12.3 Å². The number of aliphatic carboxylic acids is 3. The van der Waals surface area contributed by atoms with Crippen LogP contribution in [0.25, 0.3) is 0 Å². The molecule has 8 nitrogen and oxygen atoms in total. The van der Waals surface area contributed by atoms with E-state index < -0.39 is 36.9 Å². The number of carbonyl (C=O) groups is 3. The molecule has 4 N–H and O–H groups in total. The molecule has 0 aliphatic heterocycles. The Morgan fingerprint density at radius 1 is 1.09 bits per heavy atom. The number of carboxylic acids is 3. The molecule has 1 atom stereocenters. The van der Waals surface area contributed by atoms with E-state index in [9.17, 15) is 24.6 Å². The third-order valence-electron chi connectivity index (χ3n) is 3.33. The molecule has 0 spiro atoms. The Morgan fingerprint density at radius 3 is 2.17 bits per heavy atom. The van der Waals surface area contributed by atoms with Crippen LogP contribution >= 0.6 is 0 Å². The van der Waals surface area contributed by atoms with E-state index in [1.165, 1.54) is 0 Å². The molecule has 1 rings (SSSR count). The number of benzene rings is 1. The monoisotopic (exact) mass is 325 g/mol. The molecule has 0 heterocycles. The van der Waals surface area contributed by atoms with E-state index in [0.717, 1.165) is 10.5 Å². The summed E-state index contributed by atoms with van der Waals surface area (Å²) in [5.41, 5.74) is 1.73. The lowest BCUT2D eigenvalue weighted by Gasteiger charge is -2.27. The Bertz CT molecular complexity index is 626. The molecule has 0 aliphatic rings. The molecular weight excluding hydrogens is 306 g/mol. The minimum absolute atomic E-state index is 0.0644. The smallest absolute Gasteiger partial charge is 0.321 e. The van der Waals surface area contributed by atoms with Crippen LogP contribution in [0.15, 0.2) is 12.1 Å². The van der Waals surface area contributed by atoms with Crippen molar-refractivity contribution in [3.8, 4) is 5.75 Å². The van der Waals surface area contributed by atoms with Crippen LogP contribution in [0.3, 0.4) is 0 Å². The number of phenolic OH excluding ortho intramolecular Hbond substituents is 1. The molecule has 0 saturated heterocycles. The van der Waals surface area contributed by atoms with Gasteiger partial charge >= 0.3 is 17.9 Å². The number of hydrogen-bond donors (Lipinski definition) is 4. The molecule has 0 fully saturated rings. The molecule has 8 heteroatoms. The number of rotatable bonds is 8. The fourth-order valence-corrected chi connectivity index (χ4v) is 2.38. The first-order chi connectivity index (χ1) is 10.6. The van der Waals surface area contributed by atoms with E-state index in [1.54, 1.807) is 26.0 Å². The largest absolute Gasteiger partial charge is 0.507 e. The first kappa shape index (κ1) is 18.4. The molecule has 23 heavy (non-hydrogen) atoms. The van der Waals surface area contributed by atoms with Crippen LogP contribution in [0, 0.1) is 13.8 Å². The Hall–Kier alpha value is -2.61. The van der Waals surface area contributed by atoms with Crippen LogP contribution in [0.4, 0.5) is 0 Å². The maximum atomic E-state index is 11.3. The van der Waals surface area contributed by atoms with E-state index in [1.807, 2.05) is 0 Å². The van der Waals surface area contributed by atoms with Crippen LogP contribution < -0.4 is 0 Å². The maximum absolute atomic E-state index is 11.3. The predicted molar refractivity (Wildman–Crippen MR) is 79.3 cm³/mol. The normalized spacial score (nSPS) is 12.1. The Balaban J connectivity index is 3.18. The molecule has 1 aromatic carbocycles. The van der Waals surface area contributed by atoms with Gasteiger partial charge in [0, 0.05) is 12.1 Å². The van der Waals surface area contributed by atoms with Crippen molar-refractivity contribution in [1.82, 2.24) is 4.90 Å². The predicted octanol–water partition coefficient (Wildman–Crippen LogP) is 0.824. The number of aryl methyl sites for hydroxylation is 2. The zero-order chi connectivity index (χ0) is 17.7. The summed E-state index contributed by atoms with van der Waals surface area (Å²) < 4.78 is 0. The molecule has 0 aliphatic carbocycles. The molecule has 0 radical (unpaired) electrons. The molecule has 1 aromatic rings. The molecule has 0 saturated carbocycles. The Morgan fingerprint density at radius 2 is 1.70 bits per heavy atom. The maximum Gasteiger partial charge on any atom is 0.321 e. The van der Waals surface area contributed by atoms with Crippen LogP contribution in [-0.4, -0.2) is 55.8 Å². The van der Waals surface area contributed by atoms with Crippen molar-refractivity contribution in [2.24, 2.45) is 0 Å². The highest BCUT2D eigenvalue weighted by Gasteiger charge is 2.30. The van der Waals surface area contributed by atoms with Crippen molar-refractivity contribution in [3.05, 3.63) is 28.8 Å². The van der Waals surface area contributed by atoms with Gasteiger partial charge in [-0.25, -0.2) is 0 Å². The van der Waals surface area contributed by atoms with Crippen LogP contribution in [0.5, 0.6) is 5.75 Å². The summed E-state index contributed by atoms with van der Waals surface area (Å²) in [5, 5.41) is 37.1. The van der Waals surface area contributed by atoms with Crippen LogP contribution in [0.2, 0.25) is 0 Å². The first-order valence-corrected chi connectivity index (χ1v) is 6.81. The highest BCUT2D eigenvalue weighted by Crippen LogP contribution is 2.26. The van der Waals surface area contributed by atoms with Gasteiger partial charge in [0.05, 0.1) is 13.0 Å². The Kier molecular flexibility index (Phi) is 6.09. The third kappa shape index (κ3) is 5.26. The lowest BCUT2D eigenvalue weighted by atomic mass is 10.0. The van der Waals surface area contributed by atoms with E-state index >= 15 is 0 Å². The van der Waals surface area contributed by atoms with Crippen molar-refractivity contribution in [3.63, 3.8) is 0 Å². The van der Waals surface area contributed by atoms with Crippen molar-refractivity contribution in [2.75, 3.05) is 6.54 Å². The van der Waals surface area contributed by atoms with Crippen LogP contribution in [-0.2, 0) is 20.9 Å². The van der Waals surface area contributed by atoms with Crippen molar-refractivity contribution < 1.29 is 34.8 Å². The zero-order valence-electron chi connectivity index (χ0n) is 12.8. The minimum atomic E-state index is -1.51. The van der Waals surface area contributed by atoms with Gasteiger partial charge in [0.1, 0.15) is 11.8 Å². The molecule has 0 amide bonds. The fraction of sp³-hybridized carbons (Fsp3) is 0.400. The number of carboxylic acid groups (broad SMARTS) is 3. The Labute approximate surface area is 132 Å². The quantitative estimate of drug-likeness (QED) is 0.552. The summed E-state index contributed by atoms with van der Waals surface area (Å²) in [4.78, 5) is 34.1. The van der Waals surface area contributed by atoms with E-state index in [0.29, 0.717) is 11.1 Å². The molecule has 0 unspecified atom stereocenters. The second-order valence-electron chi connectivity index (χ2n) is 5.34. The number of phenols is 1. The topological polar surface area (TPSA) is 135 Å². The lowest BCUT2D eigenvalue weighted by molar-refractivity contribution is -0.152. The van der Waals surface area contributed by atoms with Crippen molar-refractivity contribution >= 4 is 17.9 Å². The highest BCUT2D eigenvalue weighted by molar-refractivity contribution is 5.81. The summed E-state index contributed by atoms with van der Waals surface area (Å²) in [6, 6.07) is 1.83. The average Bonchev–Trinajstić information content (AvgIpc) is 2.39. The second kappa shape index (κ2) is 7.59. The van der Waals surface area contributed by atoms with Crippen molar-refractivity contribution in [1.29, 1.82) is 0 Å². The third-order valence-corrected chi connectivity index (χ3v) is 3.33. The van der Waals surface area contributed by atoms with E-state index in [4.69, 9.17) is 10.2 Å². The van der Waals surface area contributed by atoms with E-state index in [2.05, 4.69) is 0 Å². The molecule has 0 aromatic heterocycles. The van der Waals surface area contributed by atoms with Crippen LogP contribution in [0.1, 0.15) is 23.1 Å². The van der Waals surface area contributed by atoms with Gasteiger partial charge < -0.3 is 20.4 Å². The van der Waals surface area contributed by atoms with Gasteiger partial charge in [-0.1, -0.05) is 17.7 Å². The number of nitrogens with zero attached hydrogens (tertiary/aromatic N) is 1. The van der Waals surface area contributed by atoms with Gasteiger partial charge in [0.25, 0.3) is 0 Å². The lowest BCUT2D eigenvalue weighted by Crippen LogP contribution is -2.44. The molecule has 0 bridgehead atoms. The molecule has 126 valence electrons. The van der Waals surface area contributed by atoms with Gasteiger partial charge in [0.15, 0.2) is 0 Å². The zero-order valence-corrected chi connectivity index (χ0v) is 12.8. The SMILES string of the molecule is Cc1cc(C)c(O)c(CN(CC(=O)O)[C@@H](CC(=O)O)C(=O)O)c1. The summed E-state index contributed by atoms with van der Waals surface area (Å²) in [5.74, 6) is -4.13. The van der Waals surface area contributed by atoms with Crippen molar-refractivity contribution in [2.45, 2.75) is 32.9 Å². The highest BCUT2D eigenvalue weighted by atomic mass is 16.4. The van der Waals surface area contributed by atoms with Gasteiger partial charge in [-0.15, -0.1) is 0 Å². The summed E-state index contributed by atoms with van der Waals surface area (Å²) >= 11 is 0. The summed E-state index contributed by atoms with van der Waals surface area (Å²) in [7, 11) is 0. The summed E-state index contributed by atoms with van der Waals surface area (Å²) in [6.45, 7) is 2.60. The van der Waals surface area contributed by atoms with Gasteiger partial charge in [0.2, 0.25) is 0 Å². The second-order valence-corrected chi connectivity index (χ2v) is 5.34. The molecular formula is C15H19NO7. The van der Waals surface area contributed by atoms with Gasteiger partial charge in [-0.3, -0.25) is 19.3 Å². The van der Waals surface area contributed by atoms with Gasteiger partial charge in [-0.2, -0.15) is 0 Å². The minimum Gasteiger partial charge on any atom is -0.507 e. The van der Waals surface area contributed by atoms with Gasteiger partial charge in [-0.05, 0) is 19.4 Å². The summed E-state index contributed by atoms with van der Waals surface area (Å²) in [6.07, 6.45) is -0.742. The standard InChI is InChI=1S/C15H19NO7/c1-8-3-9(2)14(21)10(4-8)6-16(7-13(19)20)11(15(22)23)5-12(17)18/h3-4,11,21H,5-7H2,1-2H3,(H,17,18)(H,19,20)(H,22,23)/t11-/m0/s1.